The number of rotatable bonds is 3. The lowest BCUT2D eigenvalue weighted by atomic mass is 9.87. The number of sulfone groups is 1. The molecule has 4 nitrogen and oxygen atoms in total. The Bertz CT molecular complexity index is 542. The molecule has 0 heterocycles. The quantitative estimate of drug-likeness (QED) is 0.857. The van der Waals surface area contributed by atoms with E-state index in [0.29, 0.717) is 5.69 Å². The smallest absolute Gasteiger partial charge is 0.181 e. The van der Waals surface area contributed by atoms with Gasteiger partial charge < -0.3 is 10.5 Å². The van der Waals surface area contributed by atoms with Crippen LogP contribution in [0, 0.1) is 0 Å². The minimum atomic E-state index is -3.35. The summed E-state index contributed by atoms with van der Waals surface area (Å²) in [6.45, 7) is 7.64. The van der Waals surface area contributed by atoms with Gasteiger partial charge in [-0.3, -0.25) is 0 Å². The zero-order chi connectivity index (χ0) is 14.1. The van der Waals surface area contributed by atoms with Crippen LogP contribution in [0.2, 0.25) is 0 Å². The molecule has 1 rings (SSSR count). The Morgan fingerprint density at radius 2 is 1.83 bits per heavy atom. The predicted octanol–water partition coefficient (Wildman–Crippen LogP) is 2.37. The Balaban J connectivity index is 3.63. The van der Waals surface area contributed by atoms with Crippen molar-refractivity contribution < 1.29 is 13.2 Å². The summed E-state index contributed by atoms with van der Waals surface area (Å²) in [7, 11) is -1.92. The summed E-state index contributed by atoms with van der Waals surface area (Å²) >= 11 is 0. The minimum Gasteiger partial charge on any atom is -0.493 e. The summed E-state index contributed by atoms with van der Waals surface area (Å²) in [5, 5.41) is 0. The fraction of sp³-hybridized carbons (Fsp3) is 0.538. The highest BCUT2D eigenvalue weighted by atomic mass is 32.2. The van der Waals surface area contributed by atoms with Gasteiger partial charge in [-0.1, -0.05) is 27.7 Å². The maximum atomic E-state index is 12.1. The molecule has 0 saturated carbocycles. The van der Waals surface area contributed by atoms with Crippen LogP contribution in [0.25, 0.3) is 0 Å². The third-order valence-electron chi connectivity index (χ3n) is 2.87. The molecule has 2 N–H and O–H groups in total. The zero-order valence-corrected chi connectivity index (χ0v) is 12.4. The molecule has 0 spiro atoms. The molecule has 0 saturated heterocycles. The molecule has 18 heavy (non-hydrogen) atoms. The third kappa shape index (κ3) is 2.77. The fourth-order valence-electron chi connectivity index (χ4n) is 1.66. The zero-order valence-electron chi connectivity index (χ0n) is 11.6. The van der Waals surface area contributed by atoms with Crippen LogP contribution in [0.1, 0.15) is 33.3 Å². The van der Waals surface area contributed by atoms with Crippen molar-refractivity contribution in [3.63, 3.8) is 0 Å². The van der Waals surface area contributed by atoms with E-state index in [1.807, 2.05) is 20.8 Å². The molecule has 0 aliphatic rings. The highest BCUT2D eigenvalue weighted by molar-refractivity contribution is 7.91. The number of hydrogen-bond acceptors (Lipinski definition) is 4. The van der Waals surface area contributed by atoms with Gasteiger partial charge in [0.1, 0.15) is 4.90 Å². The van der Waals surface area contributed by atoms with Crippen LogP contribution in [0.4, 0.5) is 5.69 Å². The van der Waals surface area contributed by atoms with Crippen molar-refractivity contribution in [3.05, 3.63) is 17.7 Å². The molecule has 0 unspecified atom stereocenters. The van der Waals surface area contributed by atoms with Crippen molar-refractivity contribution >= 4 is 15.5 Å². The topological polar surface area (TPSA) is 69.4 Å². The molecule has 0 aliphatic carbocycles. The van der Waals surface area contributed by atoms with E-state index in [1.54, 1.807) is 19.1 Å². The molecule has 102 valence electrons. The van der Waals surface area contributed by atoms with Gasteiger partial charge in [0.05, 0.1) is 18.6 Å². The SMILES string of the molecule is CCS(=O)(=O)c1cc(C(C)(C)C)cc(N)c1OC. The first-order valence-corrected chi connectivity index (χ1v) is 7.49. The summed E-state index contributed by atoms with van der Waals surface area (Å²) in [5.74, 6) is 0.265. The largest absolute Gasteiger partial charge is 0.493 e. The van der Waals surface area contributed by atoms with Crippen molar-refractivity contribution in [2.24, 2.45) is 0 Å². The maximum absolute atomic E-state index is 12.1. The van der Waals surface area contributed by atoms with E-state index < -0.39 is 9.84 Å². The molecule has 0 fully saturated rings. The average Bonchev–Trinajstić information content (AvgIpc) is 2.26. The van der Waals surface area contributed by atoms with Crippen LogP contribution in [0.15, 0.2) is 17.0 Å². The van der Waals surface area contributed by atoms with Gasteiger partial charge in [0, 0.05) is 0 Å². The molecule has 0 atom stereocenters. The summed E-state index contributed by atoms with van der Waals surface area (Å²) in [4.78, 5) is 0.178. The number of hydrogen-bond donors (Lipinski definition) is 1. The molecular formula is C13H21NO3S. The normalized spacial score (nSPS) is 12.5. The number of anilines is 1. The molecular weight excluding hydrogens is 250 g/mol. The fourth-order valence-corrected chi connectivity index (χ4v) is 2.76. The first-order chi connectivity index (χ1) is 8.13. The Kier molecular flexibility index (Phi) is 3.96. The molecule has 0 amide bonds. The van der Waals surface area contributed by atoms with Crippen LogP contribution >= 0.6 is 0 Å². The Morgan fingerprint density at radius 3 is 2.22 bits per heavy atom. The van der Waals surface area contributed by atoms with E-state index in [2.05, 4.69) is 0 Å². The molecule has 0 aromatic heterocycles. The number of methoxy groups -OCH3 is 1. The van der Waals surface area contributed by atoms with Gasteiger partial charge in [-0.15, -0.1) is 0 Å². The van der Waals surface area contributed by atoms with E-state index in [-0.39, 0.29) is 21.8 Å². The predicted molar refractivity (Wildman–Crippen MR) is 73.8 cm³/mol. The number of benzene rings is 1. The summed E-state index contributed by atoms with van der Waals surface area (Å²) in [5.41, 5.74) is 6.96. The van der Waals surface area contributed by atoms with Gasteiger partial charge in [-0.05, 0) is 23.1 Å². The van der Waals surface area contributed by atoms with Crippen LogP contribution < -0.4 is 10.5 Å². The second-order valence-electron chi connectivity index (χ2n) is 5.25. The van der Waals surface area contributed by atoms with E-state index in [4.69, 9.17) is 10.5 Å². The van der Waals surface area contributed by atoms with E-state index in [0.717, 1.165) is 5.56 Å². The lowest BCUT2D eigenvalue weighted by Gasteiger charge is -2.22. The van der Waals surface area contributed by atoms with Gasteiger partial charge in [0.15, 0.2) is 15.6 Å². The lowest BCUT2D eigenvalue weighted by molar-refractivity contribution is 0.404. The van der Waals surface area contributed by atoms with Crippen molar-refractivity contribution in [1.29, 1.82) is 0 Å². The number of nitrogens with two attached hydrogens (primary N) is 1. The van der Waals surface area contributed by atoms with Gasteiger partial charge in [0.2, 0.25) is 0 Å². The van der Waals surface area contributed by atoms with Crippen molar-refractivity contribution in [3.8, 4) is 5.75 Å². The van der Waals surface area contributed by atoms with Gasteiger partial charge in [-0.25, -0.2) is 8.42 Å². The first-order valence-electron chi connectivity index (χ1n) is 5.84. The lowest BCUT2D eigenvalue weighted by Crippen LogP contribution is -2.15. The summed E-state index contributed by atoms with van der Waals surface area (Å²) in [6, 6.07) is 3.43. The molecule has 5 heteroatoms. The van der Waals surface area contributed by atoms with Crippen LogP contribution in [-0.4, -0.2) is 21.3 Å². The Labute approximate surface area is 109 Å². The maximum Gasteiger partial charge on any atom is 0.181 e. The monoisotopic (exact) mass is 271 g/mol. The summed E-state index contributed by atoms with van der Waals surface area (Å²) < 4.78 is 29.3. The van der Waals surface area contributed by atoms with Crippen LogP contribution in [0.5, 0.6) is 5.75 Å². The van der Waals surface area contributed by atoms with Gasteiger partial charge in [-0.2, -0.15) is 0 Å². The second kappa shape index (κ2) is 4.80. The van der Waals surface area contributed by atoms with Crippen molar-refractivity contribution in [1.82, 2.24) is 0 Å². The Morgan fingerprint density at radius 1 is 1.28 bits per heavy atom. The highest BCUT2D eigenvalue weighted by Gasteiger charge is 2.24. The second-order valence-corrected chi connectivity index (χ2v) is 7.50. The highest BCUT2D eigenvalue weighted by Crippen LogP contribution is 2.36. The van der Waals surface area contributed by atoms with Crippen LogP contribution in [-0.2, 0) is 15.3 Å². The van der Waals surface area contributed by atoms with E-state index in [9.17, 15) is 8.42 Å². The van der Waals surface area contributed by atoms with Gasteiger partial charge in [0.25, 0.3) is 0 Å². The minimum absolute atomic E-state index is 0.0242. The molecule has 1 aromatic carbocycles. The first kappa shape index (κ1) is 14.8. The molecule has 0 bridgehead atoms. The van der Waals surface area contributed by atoms with E-state index in [1.165, 1.54) is 7.11 Å². The standard InChI is InChI=1S/C13H21NO3S/c1-6-18(15,16)11-8-9(13(2,3)4)7-10(14)12(11)17-5/h7-8H,6,14H2,1-5H3. The summed E-state index contributed by atoms with van der Waals surface area (Å²) in [6.07, 6.45) is 0. The van der Waals surface area contributed by atoms with Crippen LogP contribution in [0.3, 0.4) is 0 Å². The van der Waals surface area contributed by atoms with E-state index >= 15 is 0 Å². The molecule has 0 aliphatic heterocycles. The number of ether oxygens (including phenoxy) is 1. The third-order valence-corrected chi connectivity index (χ3v) is 4.60. The number of nitrogen functional groups attached to an aromatic ring is 1. The molecule has 1 aromatic rings. The van der Waals surface area contributed by atoms with Crippen molar-refractivity contribution in [2.75, 3.05) is 18.6 Å². The Hall–Kier alpha value is -1.23. The molecule has 0 radical (unpaired) electrons. The van der Waals surface area contributed by atoms with Gasteiger partial charge >= 0.3 is 0 Å². The average molecular weight is 271 g/mol. The van der Waals surface area contributed by atoms with Crippen molar-refractivity contribution in [2.45, 2.75) is 38.0 Å².